The van der Waals surface area contributed by atoms with Gasteiger partial charge in [0.05, 0.1) is 0 Å². The second-order valence-electron chi connectivity index (χ2n) is 27.5. The fourth-order valence-corrected chi connectivity index (χ4v) is 17.2. The van der Waals surface area contributed by atoms with Gasteiger partial charge >= 0.3 is 0 Å². The van der Waals surface area contributed by atoms with Crippen molar-refractivity contribution >= 4 is 55.7 Å². The van der Waals surface area contributed by atoms with Crippen LogP contribution < -0.4 is 9.80 Å². The summed E-state index contributed by atoms with van der Waals surface area (Å²) in [5.41, 5.74) is 38.3. The zero-order chi connectivity index (χ0) is 65.1. The lowest BCUT2D eigenvalue weighted by Gasteiger charge is -2.50. The number of anilines is 6. The van der Waals surface area contributed by atoms with Crippen LogP contribution in [0.1, 0.15) is 97.9 Å². The number of aryl methyl sites for hydroxylation is 4. The van der Waals surface area contributed by atoms with Crippen LogP contribution in [0.4, 0.5) is 34.1 Å². The molecule has 0 aliphatic heterocycles. The van der Waals surface area contributed by atoms with Gasteiger partial charge in [0, 0.05) is 45.0 Å². The first-order valence-corrected chi connectivity index (χ1v) is 34.8. The highest BCUT2D eigenvalue weighted by Gasteiger charge is 2.49. The topological polar surface area (TPSA) is 6.48 Å². The van der Waals surface area contributed by atoms with E-state index in [0.717, 1.165) is 59.8 Å². The van der Waals surface area contributed by atoms with Crippen LogP contribution in [0.25, 0.3) is 111 Å². The minimum Gasteiger partial charge on any atom is -0.311 e. The highest BCUT2D eigenvalue weighted by Crippen LogP contribution is 2.62. The molecule has 0 spiro atoms. The first-order valence-electron chi connectivity index (χ1n) is 34.8. The van der Waals surface area contributed by atoms with Gasteiger partial charge in [-0.2, -0.15) is 0 Å². The van der Waals surface area contributed by atoms with E-state index in [9.17, 15) is 0 Å². The summed E-state index contributed by atoms with van der Waals surface area (Å²) in [7, 11) is 0. The van der Waals surface area contributed by atoms with Crippen LogP contribution in [0.5, 0.6) is 0 Å². The van der Waals surface area contributed by atoms with Crippen molar-refractivity contribution in [2.45, 2.75) is 91.9 Å². The molecule has 0 saturated carbocycles. The molecule has 0 saturated heterocycles. The maximum atomic E-state index is 2.68. The zero-order valence-electron chi connectivity index (χ0n) is 56.3. The Morgan fingerprint density at radius 1 is 0.219 bits per heavy atom. The third kappa shape index (κ3) is 9.20. The summed E-state index contributed by atoms with van der Waals surface area (Å²) in [6.45, 7) is 18.4. The van der Waals surface area contributed by atoms with Gasteiger partial charge in [0.25, 0.3) is 0 Å². The van der Waals surface area contributed by atoms with Crippen molar-refractivity contribution in [1.29, 1.82) is 0 Å². The monoisotopic (exact) mass is 1230 g/mol. The highest BCUT2D eigenvalue weighted by atomic mass is 15.1. The molecule has 0 bridgehead atoms. The van der Waals surface area contributed by atoms with Crippen molar-refractivity contribution in [1.82, 2.24) is 0 Å². The molecule has 0 aromatic heterocycles. The Bertz CT molecular complexity index is 4850. The Morgan fingerprint density at radius 2 is 0.438 bits per heavy atom. The summed E-state index contributed by atoms with van der Waals surface area (Å²) in [6.07, 6.45) is 4.08. The molecule has 464 valence electrons. The third-order valence-corrected chi connectivity index (χ3v) is 22.5. The van der Waals surface area contributed by atoms with E-state index in [4.69, 9.17) is 0 Å². The smallest absolute Gasteiger partial charge is 0.0462 e. The molecule has 17 rings (SSSR count). The van der Waals surface area contributed by atoms with Crippen molar-refractivity contribution in [3.8, 4) is 89.0 Å². The minimum absolute atomic E-state index is 0.169. The molecule has 2 nitrogen and oxygen atoms in total. The van der Waals surface area contributed by atoms with Crippen molar-refractivity contribution in [3.63, 3.8) is 0 Å². The second kappa shape index (κ2) is 23.0. The summed E-state index contributed by atoms with van der Waals surface area (Å²) < 4.78 is 0. The Labute approximate surface area is 566 Å². The van der Waals surface area contributed by atoms with Crippen LogP contribution in [-0.2, 0) is 10.8 Å². The van der Waals surface area contributed by atoms with Crippen molar-refractivity contribution in [2.75, 3.05) is 9.80 Å². The lowest BCUT2D eigenvalue weighted by atomic mass is 9.53. The van der Waals surface area contributed by atoms with E-state index in [2.05, 4.69) is 344 Å². The van der Waals surface area contributed by atoms with Crippen molar-refractivity contribution in [3.05, 3.63) is 324 Å². The third-order valence-electron chi connectivity index (χ3n) is 22.5. The van der Waals surface area contributed by atoms with Crippen LogP contribution >= 0.6 is 0 Å². The molecule has 3 aliphatic rings. The Balaban J connectivity index is 0.687. The Kier molecular flexibility index (Phi) is 14.1. The lowest BCUT2D eigenvalue weighted by molar-refractivity contribution is 0.388. The van der Waals surface area contributed by atoms with Gasteiger partial charge in [-0.05, 0) is 283 Å². The molecule has 14 aromatic carbocycles. The van der Waals surface area contributed by atoms with Crippen molar-refractivity contribution < 1.29 is 0 Å². The molecule has 0 amide bonds. The fourth-order valence-electron chi connectivity index (χ4n) is 17.2. The predicted octanol–water partition coefficient (Wildman–Crippen LogP) is 26.7. The van der Waals surface area contributed by atoms with Gasteiger partial charge in [0.2, 0.25) is 0 Å². The molecule has 0 fully saturated rings. The lowest BCUT2D eigenvalue weighted by Crippen LogP contribution is -2.42. The molecular weight excluding hydrogens is 1160 g/mol. The first-order chi connectivity index (χ1) is 47.0. The number of hydrogen-bond acceptors (Lipinski definition) is 2. The van der Waals surface area contributed by atoms with Gasteiger partial charge in [-0.15, -0.1) is 0 Å². The van der Waals surface area contributed by atoms with Crippen LogP contribution in [-0.4, -0.2) is 0 Å². The van der Waals surface area contributed by atoms with Crippen LogP contribution in [0.3, 0.4) is 0 Å². The molecule has 3 aliphatic carbocycles. The molecule has 0 unspecified atom stereocenters. The average molecular weight is 1240 g/mol. The fraction of sp³-hybridized carbons (Fsp3) is 0.149. The normalized spacial score (nSPS) is 13.3. The number of nitrogens with zero attached hydrogens (tertiary/aromatic N) is 2. The summed E-state index contributed by atoms with van der Waals surface area (Å²) in [5.74, 6) is 0. The van der Waals surface area contributed by atoms with Gasteiger partial charge in [-0.25, -0.2) is 0 Å². The number of rotatable bonds is 14. The van der Waals surface area contributed by atoms with E-state index in [0.29, 0.717) is 0 Å². The van der Waals surface area contributed by atoms with Crippen molar-refractivity contribution in [2.24, 2.45) is 0 Å². The van der Waals surface area contributed by atoms with Crippen LogP contribution in [0.15, 0.2) is 279 Å². The van der Waals surface area contributed by atoms with Crippen LogP contribution in [0.2, 0.25) is 0 Å². The predicted molar refractivity (Wildman–Crippen MR) is 410 cm³/mol. The van der Waals surface area contributed by atoms with Gasteiger partial charge in [0.15, 0.2) is 0 Å². The Hall–Kier alpha value is -10.8. The molecule has 0 radical (unpaired) electrons. The maximum absolute atomic E-state index is 2.68. The summed E-state index contributed by atoms with van der Waals surface area (Å²) in [4.78, 5) is 4.69. The van der Waals surface area contributed by atoms with E-state index in [-0.39, 0.29) is 10.8 Å². The van der Waals surface area contributed by atoms with E-state index in [1.54, 1.807) is 0 Å². The quantitative estimate of drug-likeness (QED) is 0.107. The second-order valence-corrected chi connectivity index (χ2v) is 27.5. The molecule has 0 atom stereocenters. The average Bonchev–Trinajstić information content (AvgIpc) is 1.30. The van der Waals surface area contributed by atoms with E-state index < -0.39 is 0 Å². The first kappa shape index (κ1) is 59.0. The molecule has 0 heterocycles. The minimum atomic E-state index is -0.169. The molecule has 14 aromatic rings. The maximum Gasteiger partial charge on any atom is 0.0462 e. The molecular formula is C94H78N2. The van der Waals surface area contributed by atoms with Gasteiger partial charge in [-0.3, -0.25) is 0 Å². The van der Waals surface area contributed by atoms with Gasteiger partial charge in [-0.1, -0.05) is 232 Å². The van der Waals surface area contributed by atoms with E-state index in [1.807, 2.05) is 0 Å². The van der Waals surface area contributed by atoms with E-state index in [1.165, 1.54) is 155 Å². The summed E-state index contributed by atoms with van der Waals surface area (Å²) in [6, 6.07) is 106. The SMILES string of the molecule is CCC1(CC)c2cc3c(cc2C(CC)(CC)c2cc4c(cc21)-c1ccc(-c2ccc(-c5ccc(N(c6ccc(C)cc6)c6ccc(C)cc6)cc5)cc2)c2cccc-4c12)-c1ccc(-c2ccc(-c4ccc(N(c5ccc(C)cc5)c5ccc(C)cc5)cc4)cc2)c2cccc-3c12. The zero-order valence-corrected chi connectivity index (χ0v) is 56.3. The molecule has 0 N–H and O–H groups in total. The standard InChI is InChI=1S/C94H78N2/c1-9-93(10-2)87-55-83-79-17-13-15-77-76(68-33-29-64(30-34-68)66-37-49-74(50-38-66)96(71-43-23-61(7)24-44-71)72-45-25-62(8)26-46-72)52-54-82(91(77)79)86(83)58-90(87)94(11-3,12-4)88-56-84-80-18-14-16-78-75(51-53-81(92(78)80)85(84)57-89(88)93)67-31-27-63(28-32-67)65-35-47-73(48-36-65)95(69-39-19-59(5)20-40-69)70-41-21-60(6)22-42-70/h13-58H,9-12H2,1-8H3. The largest absolute Gasteiger partial charge is 0.311 e. The Morgan fingerprint density at radius 3 is 0.698 bits per heavy atom. The van der Waals surface area contributed by atoms with E-state index >= 15 is 0 Å². The summed E-state index contributed by atoms with van der Waals surface area (Å²) in [5, 5.41) is 5.37. The number of fused-ring (bicyclic) bond motifs is 8. The molecule has 96 heavy (non-hydrogen) atoms. The van der Waals surface area contributed by atoms with Crippen LogP contribution in [0, 0.1) is 27.7 Å². The highest BCUT2D eigenvalue weighted by molar-refractivity contribution is 6.20. The number of hydrogen-bond donors (Lipinski definition) is 0. The van der Waals surface area contributed by atoms with Gasteiger partial charge < -0.3 is 9.80 Å². The molecule has 2 heteroatoms. The summed E-state index contributed by atoms with van der Waals surface area (Å²) >= 11 is 0. The van der Waals surface area contributed by atoms with Gasteiger partial charge in [0.1, 0.15) is 0 Å². The number of benzene rings is 14.